The summed E-state index contributed by atoms with van der Waals surface area (Å²) in [7, 11) is -1.58. The Morgan fingerprint density at radius 2 is 1.74 bits per heavy atom. The Balaban J connectivity index is 1.18. The van der Waals surface area contributed by atoms with Crippen LogP contribution in [0.4, 0.5) is 10.5 Å². The molecular weight excluding hydrogens is 548 g/mol. The Labute approximate surface area is 250 Å². The number of nitrogens with one attached hydrogen (secondary N) is 1. The van der Waals surface area contributed by atoms with Crippen molar-refractivity contribution in [2.45, 2.75) is 73.5 Å². The molecule has 2 aliphatic heterocycles. The second-order valence-corrected chi connectivity index (χ2v) is 14.5. The van der Waals surface area contributed by atoms with Gasteiger partial charge in [-0.3, -0.25) is 0 Å². The van der Waals surface area contributed by atoms with Gasteiger partial charge in [0.2, 0.25) is 0 Å². The number of anilines is 1. The Kier molecular flexibility index (Phi) is 9.44. The second kappa shape index (κ2) is 13.0. The number of rotatable bonds is 12. The SMILES string of the molecule is CCC[C@H](CC(C#N)(c1ccccc1)C1CCN(CC2CN(c3ccc(S(=O)(=O)C4CC4)cc3)C2)CC1)OC(=O)NC. The van der Waals surface area contributed by atoms with Crippen LogP contribution in [0, 0.1) is 23.2 Å². The number of hydrogen-bond acceptors (Lipinski definition) is 7. The van der Waals surface area contributed by atoms with E-state index in [2.05, 4.69) is 40.2 Å². The molecule has 8 nitrogen and oxygen atoms in total. The number of piperidine rings is 1. The van der Waals surface area contributed by atoms with Crippen LogP contribution >= 0.6 is 0 Å². The molecule has 0 aromatic heterocycles. The monoisotopic (exact) mass is 592 g/mol. The fourth-order valence-electron chi connectivity index (χ4n) is 6.84. The molecule has 0 bridgehead atoms. The molecule has 226 valence electrons. The maximum Gasteiger partial charge on any atom is 0.407 e. The molecule has 1 N–H and O–H groups in total. The van der Waals surface area contributed by atoms with Gasteiger partial charge < -0.3 is 19.9 Å². The number of amides is 1. The molecule has 2 aromatic carbocycles. The first-order valence-corrected chi connectivity index (χ1v) is 17.0. The lowest BCUT2D eigenvalue weighted by molar-refractivity contribution is 0.0578. The Morgan fingerprint density at radius 1 is 1.07 bits per heavy atom. The zero-order valence-electron chi connectivity index (χ0n) is 24.9. The molecule has 42 heavy (non-hydrogen) atoms. The molecule has 1 saturated carbocycles. The smallest absolute Gasteiger partial charge is 0.407 e. The van der Waals surface area contributed by atoms with Gasteiger partial charge >= 0.3 is 6.09 Å². The highest BCUT2D eigenvalue weighted by atomic mass is 32.2. The van der Waals surface area contributed by atoms with Gasteiger partial charge in [-0.05, 0) is 80.9 Å². The predicted molar refractivity (Wildman–Crippen MR) is 164 cm³/mol. The first-order chi connectivity index (χ1) is 20.3. The van der Waals surface area contributed by atoms with Gasteiger partial charge in [-0.1, -0.05) is 43.7 Å². The number of alkyl carbamates (subject to hydrolysis) is 1. The van der Waals surface area contributed by atoms with Crippen LogP contribution in [0.3, 0.4) is 0 Å². The first kappa shape index (κ1) is 30.4. The van der Waals surface area contributed by atoms with Crippen molar-refractivity contribution in [3.63, 3.8) is 0 Å². The predicted octanol–water partition coefficient (Wildman–Crippen LogP) is 5.15. The molecule has 2 saturated heterocycles. The molecule has 3 fully saturated rings. The highest BCUT2D eigenvalue weighted by molar-refractivity contribution is 7.92. The zero-order chi connectivity index (χ0) is 29.7. The average molecular weight is 593 g/mol. The van der Waals surface area contributed by atoms with E-state index in [0.717, 1.165) is 82.5 Å². The fraction of sp³-hybridized carbons (Fsp3) is 0.576. The van der Waals surface area contributed by atoms with Gasteiger partial charge in [-0.2, -0.15) is 5.26 Å². The number of hydrogen-bond donors (Lipinski definition) is 1. The van der Waals surface area contributed by atoms with Crippen molar-refractivity contribution < 1.29 is 17.9 Å². The number of likely N-dealkylation sites (tertiary alicyclic amines) is 1. The molecule has 5 rings (SSSR count). The molecule has 1 amide bonds. The summed E-state index contributed by atoms with van der Waals surface area (Å²) in [5, 5.41) is 13.1. The lowest BCUT2D eigenvalue weighted by Crippen LogP contribution is -2.53. The van der Waals surface area contributed by atoms with E-state index in [-0.39, 0.29) is 17.3 Å². The van der Waals surface area contributed by atoms with Crippen LogP contribution in [0.5, 0.6) is 0 Å². The third-order valence-corrected chi connectivity index (χ3v) is 11.7. The Bertz CT molecular complexity index is 1340. The quantitative estimate of drug-likeness (QED) is 0.364. The van der Waals surface area contributed by atoms with Crippen LogP contribution in [0.2, 0.25) is 0 Å². The summed E-state index contributed by atoms with van der Waals surface area (Å²) in [5.41, 5.74) is 1.38. The van der Waals surface area contributed by atoms with Crippen molar-refractivity contribution >= 4 is 21.6 Å². The third kappa shape index (κ3) is 6.60. The molecule has 3 aliphatic rings. The van der Waals surface area contributed by atoms with Crippen LogP contribution in [0.1, 0.15) is 57.4 Å². The molecule has 0 radical (unpaired) electrons. The number of carbonyl (C=O) groups excluding carboxylic acids is 1. The van der Waals surface area contributed by atoms with Crippen molar-refractivity contribution in [1.29, 1.82) is 5.26 Å². The first-order valence-electron chi connectivity index (χ1n) is 15.5. The summed E-state index contributed by atoms with van der Waals surface area (Å²) >= 11 is 0. The van der Waals surface area contributed by atoms with E-state index >= 15 is 0 Å². The van der Waals surface area contributed by atoms with E-state index in [1.807, 2.05) is 30.3 Å². The summed E-state index contributed by atoms with van der Waals surface area (Å²) in [4.78, 5) is 17.4. The third-order valence-electron chi connectivity index (χ3n) is 9.38. The summed E-state index contributed by atoms with van der Waals surface area (Å²) in [6.07, 6.45) is 4.74. The minimum absolute atomic E-state index is 0.178. The molecule has 1 aliphatic carbocycles. The van der Waals surface area contributed by atoms with Gasteiger partial charge in [0.05, 0.1) is 21.6 Å². The standard InChI is InChI=1S/C33H44N4O4S/c1-3-7-29(41-32(38)35-2)20-33(24-34,26-8-5-4-6-9-26)27-16-18-36(19-17-27)21-25-22-37(23-25)28-10-12-30(13-11-28)42(39,40)31-14-15-31/h4-6,8-13,25,27,29,31H,3,7,14-23H2,1-2H3,(H,35,38)/t29-,33?/m1/s1. The van der Waals surface area contributed by atoms with Gasteiger partial charge in [-0.15, -0.1) is 0 Å². The Hall–Kier alpha value is -3.09. The number of carbonyl (C=O) groups is 1. The van der Waals surface area contributed by atoms with Gasteiger partial charge in [0.15, 0.2) is 9.84 Å². The molecule has 2 atom stereocenters. The second-order valence-electron chi connectivity index (χ2n) is 12.3. The van der Waals surface area contributed by atoms with E-state index in [9.17, 15) is 18.5 Å². The number of sulfone groups is 1. The van der Waals surface area contributed by atoms with E-state index in [1.54, 1.807) is 19.2 Å². The van der Waals surface area contributed by atoms with E-state index in [1.165, 1.54) is 0 Å². The van der Waals surface area contributed by atoms with Crippen LogP contribution in [0.25, 0.3) is 0 Å². The summed E-state index contributed by atoms with van der Waals surface area (Å²) in [6, 6.07) is 20.2. The van der Waals surface area contributed by atoms with Crippen LogP contribution < -0.4 is 10.2 Å². The topological polar surface area (TPSA) is 103 Å². The molecule has 2 heterocycles. The highest BCUT2D eigenvalue weighted by Gasteiger charge is 2.45. The van der Waals surface area contributed by atoms with Crippen molar-refractivity contribution in [3.8, 4) is 6.07 Å². The van der Waals surface area contributed by atoms with E-state index in [4.69, 9.17) is 4.74 Å². The number of benzene rings is 2. The minimum Gasteiger partial charge on any atom is -0.446 e. The van der Waals surface area contributed by atoms with Gasteiger partial charge in [0, 0.05) is 44.7 Å². The van der Waals surface area contributed by atoms with Gasteiger partial charge in [0.25, 0.3) is 0 Å². The summed E-state index contributed by atoms with van der Waals surface area (Å²) < 4.78 is 30.7. The fourth-order valence-corrected chi connectivity index (χ4v) is 8.50. The van der Waals surface area contributed by atoms with E-state index < -0.39 is 21.3 Å². The van der Waals surface area contributed by atoms with Gasteiger partial charge in [0.1, 0.15) is 6.10 Å². The van der Waals surface area contributed by atoms with Crippen molar-refractivity contribution in [3.05, 3.63) is 60.2 Å². The van der Waals surface area contributed by atoms with Crippen LogP contribution in [0.15, 0.2) is 59.5 Å². The Morgan fingerprint density at radius 3 is 2.31 bits per heavy atom. The molecule has 9 heteroatoms. The van der Waals surface area contributed by atoms with E-state index in [0.29, 0.717) is 17.2 Å². The van der Waals surface area contributed by atoms with Crippen LogP contribution in [-0.2, 0) is 20.0 Å². The molecule has 2 aromatic rings. The lowest BCUT2D eigenvalue weighted by atomic mass is 9.64. The van der Waals surface area contributed by atoms with Crippen molar-refractivity contribution in [1.82, 2.24) is 10.2 Å². The zero-order valence-corrected chi connectivity index (χ0v) is 25.7. The molecule has 0 spiro atoms. The summed E-state index contributed by atoms with van der Waals surface area (Å²) in [6.45, 7) is 6.93. The lowest BCUT2D eigenvalue weighted by Gasteiger charge is -2.46. The largest absolute Gasteiger partial charge is 0.446 e. The number of ether oxygens (including phenoxy) is 1. The normalized spacial score (nSPS) is 20.6. The average Bonchev–Trinajstić information content (AvgIpc) is 3.85. The summed E-state index contributed by atoms with van der Waals surface area (Å²) in [5.74, 6) is 0.748. The molecule has 1 unspecified atom stereocenters. The minimum atomic E-state index is -3.15. The van der Waals surface area contributed by atoms with Gasteiger partial charge in [-0.25, -0.2) is 13.2 Å². The number of nitrogens with zero attached hydrogens (tertiary/aromatic N) is 3. The maximum atomic E-state index is 12.5. The number of nitriles is 1. The van der Waals surface area contributed by atoms with Crippen molar-refractivity contribution in [2.75, 3.05) is 44.7 Å². The van der Waals surface area contributed by atoms with Crippen molar-refractivity contribution in [2.24, 2.45) is 11.8 Å². The maximum absolute atomic E-state index is 12.5. The van der Waals surface area contributed by atoms with Crippen LogP contribution in [-0.4, -0.2) is 70.5 Å². The highest BCUT2D eigenvalue weighted by Crippen LogP contribution is 2.43. The molecular formula is C33H44N4O4S.